The summed E-state index contributed by atoms with van der Waals surface area (Å²) in [5, 5.41) is 23.5. The Morgan fingerprint density at radius 3 is 2.56 bits per heavy atom. The minimum Gasteiger partial charge on any atom is -0.491 e. The fourth-order valence-corrected chi connectivity index (χ4v) is 10.1. The fourth-order valence-electron chi connectivity index (χ4n) is 8.48. The van der Waals surface area contributed by atoms with E-state index in [9.17, 15) is 42.3 Å². The number of rotatable bonds is 16. The van der Waals surface area contributed by atoms with Crippen LogP contribution in [-0.4, -0.2) is 112 Å². The van der Waals surface area contributed by atoms with E-state index in [0.717, 1.165) is 10.5 Å². The zero-order chi connectivity index (χ0) is 46.9. The number of ether oxygens (including phenoxy) is 3. The van der Waals surface area contributed by atoms with E-state index in [4.69, 9.17) is 14.2 Å². The lowest BCUT2D eigenvalue weighted by atomic mass is 9.86. The molecule has 1 saturated heterocycles. The number of carbonyl (C=O) groups excluding carboxylic acids is 5. The van der Waals surface area contributed by atoms with E-state index < -0.39 is 70.2 Å². The van der Waals surface area contributed by atoms with Crippen LogP contribution in [0.5, 0.6) is 17.2 Å². The van der Waals surface area contributed by atoms with Gasteiger partial charge in [0.05, 0.1) is 30.7 Å². The molecule has 3 N–H and O–H groups in total. The number of carboxylic acids is 1. The molecule has 0 bridgehead atoms. The molecule has 19 nitrogen and oxygen atoms in total. The van der Waals surface area contributed by atoms with E-state index in [1.807, 2.05) is 32.0 Å². The molecular weight excluding hydrogens is 875 g/mol. The number of benzene rings is 4. The summed E-state index contributed by atoms with van der Waals surface area (Å²) in [6.07, 6.45) is 0.296. The summed E-state index contributed by atoms with van der Waals surface area (Å²) in [4.78, 5) is 76.7. The van der Waals surface area contributed by atoms with E-state index in [-0.39, 0.29) is 67.3 Å². The number of nitrogens with zero attached hydrogens (tertiary/aromatic N) is 5. The number of fused-ring (bicyclic) bond motifs is 3. The first-order chi connectivity index (χ1) is 31.6. The molecule has 3 aliphatic rings. The van der Waals surface area contributed by atoms with Gasteiger partial charge in [0.15, 0.2) is 6.61 Å². The van der Waals surface area contributed by atoms with Crippen molar-refractivity contribution in [2.24, 2.45) is 7.05 Å². The normalized spacial score (nSPS) is 18.5. The lowest BCUT2D eigenvalue weighted by molar-refractivity contribution is -0.138. The number of sulfonamides is 1. The van der Waals surface area contributed by atoms with E-state index in [2.05, 4.69) is 20.9 Å². The van der Waals surface area contributed by atoms with Crippen LogP contribution in [0.2, 0.25) is 0 Å². The molecule has 8 rings (SSSR count). The molecule has 0 spiro atoms. The van der Waals surface area contributed by atoms with E-state index >= 15 is 0 Å². The van der Waals surface area contributed by atoms with Crippen molar-refractivity contribution in [1.29, 1.82) is 0 Å². The van der Waals surface area contributed by atoms with Crippen LogP contribution >= 0.6 is 0 Å². The van der Waals surface area contributed by atoms with Crippen LogP contribution in [-0.2, 0) is 42.8 Å². The number of aryl methyl sites for hydroxylation is 2. The van der Waals surface area contributed by atoms with Gasteiger partial charge in [0.25, 0.3) is 17.7 Å². The number of carboxylic acid groups (broad SMARTS) is 1. The maximum atomic E-state index is 13.9. The summed E-state index contributed by atoms with van der Waals surface area (Å²) in [5.41, 5.74) is 3.87. The highest BCUT2D eigenvalue weighted by atomic mass is 32.2. The Morgan fingerprint density at radius 1 is 0.970 bits per heavy atom. The number of carbonyl (C=O) groups is 6. The van der Waals surface area contributed by atoms with Gasteiger partial charge in [-0.15, -0.1) is 5.10 Å². The number of aliphatic carboxylic acids is 1. The van der Waals surface area contributed by atoms with Crippen LogP contribution in [0.15, 0.2) is 77.7 Å². The van der Waals surface area contributed by atoms with E-state index in [1.165, 1.54) is 28.6 Å². The van der Waals surface area contributed by atoms with Crippen molar-refractivity contribution in [2.45, 2.75) is 75.5 Å². The average Bonchev–Trinajstić information content (AvgIpc) is 3.75. The molecule has 1 aromatic heterocycles. The van der Waals surface area contributed by atoms with Crippen molar-refractivity contribution in [2.75, 3.05) is 26.3 Å². The molecule has 1 fully saturated rings. The highest BCUT2D eigenvalue weighted by Gasteiger charge is 2.46. The number of piperidine rings is 1. The summed E-state index contributed by atoms with van der Waals surface area (Å²) < 4.78 is 48.6. The zero-order valence-corrected chi connectivity index (χ0v) is 37.1. The number of aromatic nitrogens is 3. The van der Waals surface area contributed by atoms with Crippen LogP contribution in [0.25, 0.3) is 11.0 Å². The maximum Gasteiger partial charge on any atom is 0.304 e. The van der Waals surface area contributed by atoms with Crippen molar-refractivity contribution in [3.63, 3.8) is 0 Å². The van der Waals surface area contributed by atoms with Gasteiger partial charge in [-0.2, -0.15) is 4.31 Å². The fraction of sp³-hybridized carbons (Fsp3) is 0.348. The second kappa shape index (κ2) is 18.7. The van der Waals surface area contributed by atoms with Crippen LogP contribution in [0.4, 0.5) is 0 Å². The second-order valence-corrected chi connectivity index (χ2v) is 18.3. The smallest absolute Gasteiger partial charge is 0.304 e. The molecule has 2 unspecified atom stereocenters. The number of imide groups is 2. The number of amides is 5. The van der Waals surface area contributed by atoms with Crippen molar-refractivity contribution in [1.82, 2.24) is 34.8 Å². The second-order valence-electron chi connectivity index (χ2n) is 16.4. The average molecular weight is 922 g/mol. The van der Waals surface area contributed by atoms with Crippen molar-refractivity contribution >= 4 is 56.6 Å². The predicted molar refractivity (Wildman–Crippen MR) is 234 cm³/mol. The maximum absolute atomic E-state index is 13.9. The molecule has 3 aliphatic heterocycles. The number of hydrogen-bond acceptors (Lipinski definition) is 13. The number of para-hydroxylation sites is 1. The minimum atomic E-state index is -3.93. The molecule has 3 atom stereocenters. The Labute approximate surface area is 379 Å². The van der Waals surface area contributed by atoms with Gasteiger partial charge >= 0.3 is 5.97 Å². The van der Waals surface area contributed by atoms with Gasteiger partial charge < -0.3 is 24.6 Å². The Bertz CT molecular complexity index is 2900. The quantitative estimate of drug-likeness (QED) is 0.0946. The van der Waals surface area contributed by atoms with Crippen LogP contribution in [0.3, 0.4) is 0 Å². The molecule has 4 heterocycles. The minimum absolute atomic E-state index is 0.00436. The standard InChI is InChI=1S/C46H47N7O12S/c1-26-13-14-28(19-30(26)24-52-23-27(2)65-35-10-4-5-12-38(35)66(52,61)62)32(22-41(56)57)29-20-33-43(51(3)50-49-33)37(21-29)63-18-7-6-17-47-40(55)25-64-36-11-8-9-31-42(36)46(60)53(45(31)59)34-15-16-39(54)48-44(34)58/h4-5,8-14,19-21,27,32,34H,6-7,15-18,22-25H2,1-3H3,(H,47,55)(H,56,57)(H,48,54,58)/t27-,32?,34?/m1/s1. The first-order valence-electron chi connectivity index (χ1n) is 21.4. The lowest BCUT2D eigenvalue weighted by Gasteiger charge is -2.27. The molecule has 0 aliphatic carbocycles. The van der Waals surface area contributed by atoms with Gasteiger partial charge in [-0.05, 0) is 91.8 Å². The molecule has 4 aromatic carbocycles. The van der Waals surface area contributed by atoms with Gasteiger partial charge in [0, 0.05) is 32.5 Å². The predicted octanol–water partition coefficient (Wildman–Crippen LogP) is 3.61. The molecule has 0 saturated carbocycles. The molecule has 5 aromatic rings. The van der Waals surface area contributed by atoms with Crippen LogP contribution in [0.1, 0.15) is 87.9 Å². The first kappa shape index (κ1) is 45.4. The van der Waals surface area contributed by atoms with E-state index in [0.29, 0.717) is 52.1 Å². The Kier molecular flexibility index (Phi) is 12.9. The molecule has 5 amide bonds. The highest BCUT2D eigenvalue weighted by molar-refractivity contribution is 7.89. The zero-order valence-electron chi connectivity index (χ0n) is 36.3. The van der Waals surface area contributed by atoms with Crippen molar-refractivity contribution < 1.29 is 56.5 Å². The van der Waals surface area contributed by atoms with Crippen LogP contribution < -0.4 is 24.8 Å². The largest absolute Gasteiger partial charge is 0.491 e. The third-order valence-electron chi connectivity index (χ3n) is 11.8. The Hall–Kier alpha value is -7.19. The van der Waals surface area contributed by atoms with Gasteiger partial charge in [-0.3, -0.25) is 39.0 Å². The molecule has 20 heteroatoms. The number of hydrogen-bond donors (Lipinski definition) is 3. The molecular formula is C46H47N7O12S. The SMILES string of the molecule is Cc1ccc(C(CC(=O)O)c2cc(OCCCCNC(=O)COc3cccc4c3C(=O)N(C3CCC(=O)NC3=O)C4=O)c3c(c2)nnn3C)cc1CN1C[C@@H](C)Oc2ccccc2S1(=O)=O. The summed E-state index contributed by atoms with van der Waals surface area (Å²) in [7, 11) is -2.21. The summed E-state index contributed by atoms with van der Waals surface area (Å²) in [5.74, 6) is -4.11. The topological polar surface area (TPSA) is 246 Å². The first-order valence-corrected chi connectivity index (χ1v) is 22.8. The monoisotopic (exact) mass is 921 g/mol. The molecule has 66 heavy (non-hydrogen) atoms. The van der Waals surface area contributed by atoms with E-state index in [1.54, 1.807) is 42.1 Å². The van der Waals surface area contributed by atoms with Gasteiger partial charge in [-0.25, -0.2) is 13.1 Å². The Balaban J connectivity index is 0.901. The Morgan fingerprint density at radius 2 is 1.77 bits per heavy atom. The van der Waals surface area contributed by atoms with Gasteiger partial charge in [0.2, 0.25) is 21.8 Å². The summed E-state index contributed by atoms with van der Waals surface area (Å²) in [6.45, 7) is 3.87. The van der Waals surface area contributed by atoms with Crippen molar-refractivity contribution in [3.05, 3.63) is 106 Å². The number of unbranched alkanes of at least 4 members (excludes halogenated alkanes) is 1. The summed E-state index contributed by atoms with van der Waals surface area (Å²) in [6, 6.07) is 18.9. The molecule has 0 radical (unpaired) electrons. The highest BCUT2D eigenvalue weighted by Crippen LogP contribution is 2.38. The van der Waals surface area contributed by atoms with Crippen LogP contribution in [0, 0.1) is 6.92 Å². The number of nitrogens with one attached hydrogen (secondary N) is 2. The third kappa shape index (κ3) is 9.18. The summed E-state index contributed by atoms with van der Waals surface area (Å²) >= 11 is 0. The lowest BCUT2D eigenvalue weighted by Crippen LogP contribution is -2.54. The molecule has 344 valence electrons. The van der Waals surface area contributed by atoms with Gasteiger partial charge in [-0.1, -0.05) is 41.6 Å². The third-order valence-corrected chi connectivity index (χ3v) is 13.6. The van der Waals surface area contributed by atoms with Crippen molar-refractivity contribution in [3.8, 4) is 17.2 Å². The van der Waals surface area contributed by atoms with Gasteiger partial charge in [0.1, 0.15) is 45.3 Å².